The average molecular weight is 386 g/mol. The van der Waals surface area contributed by atoms with E-state index in [1.165, 1.54) is 0 Å². The smallest absolute Gasteiger partial charge is 0.270 e. The molecule has 0 unspecified atom stereocenters. The Labute approximate surface area is 154 Å². The van der Waals surface area contributed by atoms with Crippen LogP contribution in [-0.2, 0) is 10.0 Å². The Morgan fingerprint density at radius 3 is 2.30 bits per heavy atom. The fraction of sp³-hybridized carbons (Fsp3) is 0.0588. The molecule has 0 radical (unpaired) electrons. The molecule has 0 fully saturated rings. The Kier molecular flexibility index (Phi) is 4.60. The van der Waals surface area contributed by atoms with E-state index in [9.17, 15) is 23.6 Å². The van der Waals surface area contributed by atoms with Crippen LogP contribution in [0.1, 0.15) is 5.56 Å². The number of hydrogen-bond donors (Lipinski definition) is 2. The van der Waals surface area contributed by atoms with Gasteiger partial charge in [0.25, 0.3) is 5.69 Å². The lowest BCUT2D eigenvalue weighted by Crippen LogP contribution is -2.12. The lowest BCUT2D eigenvalue weighted by molar-refractivity contribution is -0.385. The van der Waals surface area contributed by atoms with Gasteiger partial charge in [-0.25, -0.2) is 13.6 Å². The number of nitrogens with two attached hydrogens (primary N) is 1. The van der Waals surface area contributed by atoms with Gasteiger partial charge in [-0.15, -0.1) is 10.2 Å². The first-order chi connectivity index (χ1) is 12.7. The van der Waals surface area contributed by atoms with Gasteiger partial charge in [-0.3, -0.25) is 10.1 Å². The number of phenolic OH excluding ortho intramolecular Hbond substituents is 1. The van der Waals surface area contributed by atoms with Crippen LogP contribution in [0.4, 0.5) is 17.1 Å². The first kappa shape index (κ1) is 18.4. The molecule has 0 spiro atoms. The van der Waals surface area contributed by atoms with Crippen molar-refractivity contribution in [3.63, 3.8) is 0 Å². The fourth-order valence-corrected chi connectivity index (χ4v) is 3.28. The zero-order chi connectivity index (χ0) is 19.8. The molecule has 0 atom stereocenters. The van der Waals surface area contributed by atoms with Crippen molar-refractivity contribution in [3.8, 4) is 5.75 Å². The van der Waals surface area contributed by atoms with Gasteiger partial charge in [0.05, 0.1) is 10.6 Å². The molecule has 0 aromatic heterocycles. The number of azo groups is 1. The van der Waals surface area contributed by atoms with Crippen molar-refractivity contribution in [2.75, 3.05) is 0 Å². The van der Waals surface area contributed by atoms with E-state index in [-0.39, 0.29) is 11.4 Å². The summed E-state index contributed by atoms with van der Waals surface area (Å²) in [6, 6.07) is 11.7. The normalized spacial score (nSPS) is 11.9. The van der Waals surface area contributed by atoms with Gasteiger partial charge >= 0.3 is 0 Å². The van der Waals surface area contributed by atoms with Crippen LogP contribution in [0.3, 0.4) is 0 Å². The number of fused-ring (bicyclic) bond motifs is 1. The number of phenols is 1. The van der Waals surface area contributed by atoms with Crippen LogP contribution >= 0.6 is 0 Å². The van der Waals surface area contributed by atoms with Crippen molar-refractivity contribution < 1.29 is 18.4 Å². The topological polar surface area (TPSA) is 148 Å². The third-order valence-corrected chi connectivity index (χ3v) is 4.85. The van der Waals surface area contributed by atoms with E-state index in [1.807, 2.05) is 0 Å². The standard InChI is InChI=1S/C17H14N4O5S/c1-10-8-15(12-4-2-3-5-13(12)17(10)22)20-19-14-7-6-11(21(23)24)9-16(14)27(18,25)26/h2-9,22H,1H3,(H2,18,25,26). The molecule has 138 valence electrons. The minimum atomic E-state index is -4.25. The summed E-state index contributed by atoms with van der Waals surface area (Å²) < 4.78 is 23.5. The molecule has 10 heteroatoms. The van der Waals surface area contributed by atoms with Crippen molar-refractivity contribution in [2.24, 2.45) is 15.4 Å². The molecule has 27 heavy (non-hydrogen) atoms. The van der Waals surface area contributed by atoms with E-state index < -0.39 is 25.5 Å². The maximum absolute atomic E-state index is 11.8. The minimum absolute atomic E-state index is 0.116. The highest BCUT2D eigenvalue weighted by atomic mass is 32.2. The Bertz CT molecular complexity index is 1210. The monoisotopic (exact) mass is 386 g/mol. The molecule has 0 heterocycles. The van der Waals surface area contributed by atoms with Crippen LogP contribution in [-0.4, -0.2) is 18.4 Å². The molecule has 9 nitrogen and oxygen atoms in total. The SMILES string of the molecule is Cc1cc(N=Nc2ccc([N+](=O)[O-])cc2S(N)(=O)=O)c2ccccc2c1O. The van der Waals surface area contributed by atoms with Crippen LogP contribution in [0, 0.1) is 17.0 Å². The number of nitro benzene ring substituents is 1. The Balaban J connectivity index is 2.16. The first-order valence-electron chi connectivity index (χ1n) is 7.63. The molecule has 0 aliphatic rings. The quantitative estimate of drug-likeness (QED) is 0.397. The summed E-state index contributed by atoms with van der Waals surface area (Å²) in [5.74, 6) is 0.116. The number of primary sulfonamides is 1. The van der Waals surface area contributed by atoms with Crippen LogP contribution in [0.25, 0.3) is 10.8 Å². The number of sulfonamides is 1. The number of nitrogens with zero attached hydrogens (tertiary/aromatic N) is 3. The number of hydrogen-bond acceptors (Lipinski definition) is 7. The van der Waals surface area contributed by atoms with Gasteiger partial charge in [-0.1, -0.05) is 24.3 Å². The second kappa shape index (κ2) is 6.74. The van der Waals surface area contributed by atoms with Crippen molar-refractivity contribution >= 4 is 37.9 Å². The molecular weight excluding hydrogens is 372 g/mol. The zero-order valence-corrected chi connectivity index (χ0v) is 14.8. The summed E-state index contributed by atoms with van der Waals surface area (Å²) in [7, 11) is -4.25. The first-order valence-corrected chi connectivity index (χ1v) is 9.17. The summed E-state index contributed by atoms with van der Waals surface area (Å²) in [5.41, 5.74) is 0.416. The second-order valence-corrected chi connectivity index (χ2v) is 7.29. The average Bonchev–Trinajstić information content (AvgIpc) is 2.62. The van der Waals surface area contributed by atoms with E-state index in [0.717, 1.165) is 18.2 Å². The van der Waals surface area contributed by atoms with E-state index in [0.29, 0.717) is 22.0 Å². The highest BCUT2D eigenvalue weighted by molar-refractivity contribution is 7.89. The highest BCUT2D eigenvalue weighted by Gasteiger charge is 2.19. The number of non-ortho nitro benzene ring substituents is 1. The number of benzene rings is 3. The molecule has 3 aromatic carbocycles. The van der Waals surface area contributed by atoms with Gasteiger partial charge in [0.2, 0.25) is 10.0 Å². The zero-order valence-electron chi connectivity index (χ0n) is 14.0. The van der Waals surface area contributed by atoms with Crippen LogP contribution in [0.2, 0.25) is 0 Å². The maximum Gasteiger partial charge on any atom is 0.270 e. The van der Waals surface area contributed by atoms with Crippen molar-refractivity contribution in [3.05, 3.63) is 64.2 Å². The van der Waals surface area contributed by atoms with Crippen LogP contribution in [0.15, 0.2) is 63.7 Å². The lowest BCUT2D eigenvalue weighted by atomic mass is 10.0. The Hall–Kier alpha value is -3.37. The van der Waals surface area contributed by atoms with Crippen molar-refractivity contribution in [1.82, 2.24) is 0 Å². The molecule has 0 bridgehead atoms. The number of aromatic hydroxyl groups is 1. The predicted octanol–water partition coefficient (Wildman–Crippen LogP) is 3.82. The summed E-state index contributed by atoms with van der Waals surface area (Å²) in [4.78, 5) is 9.65. The molecule has 0 saturated carbocycles. The highest BCUT2D eigenvalue weighted by Crippen LogP contribution is 2.37. The summed E-state index contributed by atoms with van der Waals surface area (Å²) >= 11 is 0. The van der Waals surface area contributed by atoms with E-state index in [1.54, 1.807) is 37.3 Å². The van der Waals surface area contributed by atoms with Crippen LogP contribution < -0.4 is 5.14 Å². The molecule has 0 amide bonds. The van der Waals surface area contributed by atoms with E-state index in [2.05, 4.69) is 10.2 Å². The molecule has 0 aliphatic carbocycles. The van der Waals surface area contributed by atoms with E-state index in [4.69, 9.17) is 5.14 Å². The lowest BCUT2D eigenvalue weighted by Gasteiger charge is -2.07. The number of rotatable bonds is 4. The second-order valence-electron chi connectivity index (χ2n) is 5.76. The van der Waals surface area contributed by atoms with Crippen LogP contribution in [0.5, 0.6) is 5.75 Å². The molecule has 3 rings (SSSR count). The van der Waals surface area contributed by atoms with Gasteiger partial charge in [0.1, 0.15) is 16.3 Å². The van der Waals surface area contributed by atoms with Crippen molar-refractivity contribution in [1.29, 1.82) is 0 Å². The number of aryl methyl sites for hydroxylation is 1. The molecule has 3 aromatic rings. The summed E-state index contributed by atoms with van der Waals surface area (Å²) in [6.07, 6.45) is 0. The molecular formula is C17H14N4O5S. The summed E-state index contributed by atoms with van der Waals surface area (Å²) in [6.45, 7) is 1.70. The molecule has 0 aliphatic heterocycles. The Morgan fingerprint density at radius 1 is 1.04 bits per heavy atom. The largest absolute Gasteiger partial charge is 0.507 e. The number of nitro groups is 1. The van der Waals surface area contributed by atoms with Gasteiger partial charge in [0.15, 0.2) is 0 Å². The maximum atomic E-state index is 11.8. The predicted molar refractivity (Wildman–Crippen MR) is 99.0 cm³/mol. The molecule has 3 N–H and O–H groups in total. The van der Waals surface area contributed by atoms with Gasteiger partial charge in [-0.2, -0.15) is 0 Å². The van der Waals surface area contributed by atoms with Gasteiger partial charge in [0, 0.05) is 22.9 Å². The third-order valence-electron chi connectivity index (χ3n) is 3.91. The van der Waals surface area contributed by atoms with Gasteiger partial charge in [-0.05, 0) is 24.6 Å². The minimum Gasteiger partial charge on any atom is -0.507 e. The molecule has 0 saturated heterocycles. The van der Waals surface area contributed by atoms with E-state index >= 15 is 0 Å². The van der Waals surface area contributed by atoms with Gasteiger partial charge < -0.3 is 5.11 Å². The Morgan fingerprint density at radius 2 is 1.67 bits per heavy atom. The van der Waals surface area contributed by atoms with Crippen molar-refractivity contribution in [2.45, 2.75) is 11.8 Å². The summed E-state index contributed by atoms with van der Waals surface area (Å²) in [5, 5.41) is 35.4. The third kappa shape index (κ3) is 3.61. The fourth-order valence-electron chi connectivity index (χ4n) is 2.59.